The quantitative estimate of drug-likeness (QED) is 0.513. The van der Waals surface area contributed by atoms with Crippen molar-refractivity contribution in [1.82, 2.24) is 14.1 Å². The van der Waals surface area contributed by atoms with Gasteiger partial charge in [0.2, 0.25) is 5.91 Å². The molecule has 156 valence electrons. The average molecular weight is 412 g/mol. The molecule has 0 fully saturated rings. The first-order valence-electron chi connectivity index (χ1n) is 10.6. The first kappa shape index (κ1) is 19.3. The summed E-state index contributed by atoms with van der Waals surface area (Å²) in [6, 6.07) is 17.9. The Hall–Kier alpha value is -3.67. The van der Waals surface area contributed by atoms with Crippen molar-refractivity contribution in [2.45, 2.75) is 33.2 Å². The van der Waals surface area contributed by atoms with Crippen LogP contribution in [0.15, 0.2) is 65.7 Å². The number of para-hydroxylation sites is 2. The fraction of sp³-hybridized carbons (Fsp3) is 0.240. The van der Waals surface area contributed by atoms with E-state index < -0.39 is 0 Å². The number of benzene rings is 2. The summed E-state index contributed by atoms with van der Waals surface area (Å²) in [7, 11) is 0. The number of nitrogens with zero attached hydrogens (tertiary/aromatic N) is 4. The van der Waals surface area contributed by atoms with Gasteiger partial charge in [-0.1, -0.05) is 36.4 Å². The maximum absolute atomic E-state index is 13.3. The number of aromatic nitrogens is 3. The Morgan fingerprint density at radius 3 is 2.58 bits per heavy atom. The molecule has 3 heterocycles. The summed E-state index contributed by atoms with van der Waals surface area (Å²) >= 11 is 0. The van der Waals surface area contributed by atoms with Gasteiger partial charge in [-0.2, -0.15) is 0 Å². The Kier molecular flexibility index (Phi) is 4.70. The molecular weight excluding hydrogens is 388 g/mol. The standard InChI is InChI=1S/C25H24N4O2/c1-17-18(2)29(20-9-4-3-5-10-20)24-23(17)25(31)27(16-26-24)14-13-22(30)28-15-12-19-8-6-7-11-21(19)28/h3-11,16H,12-15H2,1-2H3. The van der Waals surface area contributed by atoms with E-state index in [2.05, 4.69) is 11.1 Å². The lowest BCUT2D eigenvalue weighted by molar-refractivity contribution is -0.118. The van der Waals surface area contributed by atoms with E-state index in [1.54, 1.807) is 10.9 Å². The summed E-state index contributed by atoms with van der Waals surface area (Å²) in [5.41, 5.74) is 5.63. The van der Waals surface area contributed by atoms with Crippen LogP contribution in [-0.4, -0.2) is 26.6 Å². The van der Waals surface area contributed by atoms with Crippen molar-refractivity contribution in [2.24, 2.45) is 0 Å². The van der Waals surface area contributed by atoms with Gasteiger partial charge in [0.25, 0.3) is 5.56 Å². The third-order valence-corrected chi connectivity index (χ3v) is 6.25. The zero-order chi connectivity index (χ0) is 21.5. The second-order valence-corrected chi connectivity index (χ2v) is 8.00. The van der Waals surface area contributed by atoms with Gasteiger partial charge in [0, 0.05) is 36.6 Å². The summed E-state index contributed by atoms with van der Waals surface area (Å²) in [6.07, 6.45) is 2.70. The van der Waals surface area contributed by atoms with E-state index in [1.807, 2.05) is 71.8 Å². The van der Waals surface area contributed by atoms with Crippen molar-refractivity contribution in [3.63, 3.8) is 0 Å². The molecule has 31 heavy (non-hydrogen) atoms. The number of rotatable bonds is 4. The smallest absolute Gasteiger partial charge is 0.263 e. The largest absolute Gasteiger partial charge is 0.312 e. The van der Waals surface area contributed by atoms with E-state index >= 15 is 0 Å². The molecule has 0 unspecified atom stereocenters. The van der Waals surface area contributed by atoms with Gasteiger partial charge in [0.1, 0.15) is 0 Å². The molecule has 0 N–H and O–H groups in total. The van der Waals surface area contributed by atoms with E-state index in [1.165, 1.54) is 5.56 Å². The van der Waals surface area contributed by atoms with Gasteiger partial charge in [-0.3, -0.25) is 18.7 Å². The molecule has 0 saturated carbocycles. The summed E-state index contributed by atoms with van der Waals surface area (Å²) < 4.78 is 3.58. The van der Waals surface area contributed by atoms with Crippen LogP contribution in [0.3, 0.4) is 0 Å². The number of hydrogen-bond donors (Lipinski definition) is 0. The third kappa shape index (κ3) is 3.15. The molecule has 2 aromatic heterocycles. The molecule has 0 atom stereocenters. The number of hydrogen-bond acceptors (Lipinski definition) is 3. The van der Waals surface area contributed by atoms with Crippen LogP contribution in [0.4, 0.5) is 5.69 Å². The molecule has 0 spiro atoms. The van der Waals surface area contributed by atoms with E-state index in [9.17, 15) is 9.59 Å². The molecule has 0 radical (unpaired) electrons. The topological polar surface area (TPSA) is 60.1 Å². The number of amides is 1. The minimum atomic E-state index is -0.102. The Bertz CT molecular complexity index is 1350. The van der Waals surface area contributed by atoms with Gasteiger partial charge >= 0.3 is 0 Å². The Balaban J connectivity index is 1.44. The van der Waals surface area contributed by atoms with Crippen LogP contribution in [0, 0.1) is 13.8 Å². The van der Waals surface area contributed by atoms with Crippen molar-refractivity contribution in [1.29, 1.82) is 0 Å². The Morgan fingerprint density at radius 1 is 1.03 bits per heavy atom. The van der Waals surface area contributed by atoms with Crippen molar-refractivity contribution < 1.29 is 4.79 Å². The minimum absolute atomic E-state index is 0.0340. The fourth-order valence-corrected chi connectivity index (χ4v) is 4.49. The predicted molar refractivity (Wildman–Crippen MR) is 122 cm³/mol. The molecule has 0 aliphatic carbocycles. The number of carbonyl (C=O) groups is 1. The SMILES string of the molecule is Cc1c(C)n(-c2ccccc2)c2ncn(CCC(=O)N3CCc4ccccc43)c(=O)c12. The maximum Gasteiger partial charge on any atom is 0.263 e. The van der Waals surface area contributed by atoms with Gasteiger partial charge in [-0.15, -0.1) is 0 Å². The summed E-state index contributed by atoms with van der Waals surface area (Å²) in [4.78, 5) is 32.6. The third-order valence-electron chi connectivity index (χ3n) is 6.25. The highest BCUT2D eigenvalue weighted by atomic mass is 16.2. The van der Waals surface area contributed by atoms with E-state index in [-0.39, 0.29) is 17.9 Å². The van der Waals surface area contributed by atoms with Gasteiger partial charge in [0.05, 0.1) is 11.7 Å². The normalized spacial score (nSPS) is 13.0. The molecule has 4 aromatic rings. The molecule has 2 aromatic carbocycles. The molecule has 1 aliphatic rings. The fourth-order valence-electron chi connectivity index (χ4n) is 4.49. The van der Waals surface area contributed by atoms with E-state index in [4.69, 9.17) is 0 Å². The highest BCUT2D eigenvalue weighted by Crippen LogP contribution is 2.28. The molecule has 0 saturated heterocycles. The van der Waals surface area contributed by atoms with Crippen molar-refractivity contribution in [3.05, 3.63) is 88.1 Å². The number of fused-ring (bicyclic) bond motifs is 2. The van der Waals surface area contributed by atoms with Crippen LogP contribution >= 0.6 is 0 Å². The highest BCUT2D eigenvalue weighted by Gasteiger charge is 2.24. The van der Waals surface area contributed by atoms with E-state index in [0.29, 0.717) is 24.1 Å². The Morgan fingerprint density at radius 2 is 1.77 bits per heavy atom. The van der Waals surface area contributed by atoms with Gasteiger partial charge < -0.3 is 4.90 Å². The van der Waals surface area contributed by atoms with Gasteiger partial charge in [-0.25, -0.2) is 4.98 Å². The lowest BCUT2D eigenvalue weighted by Crippen LogP contribution is -2.31. The summed E-state index contributed by atoms with van der Waals surface area (Å²) in [6.45, 7) is 4.97. The maximum atomic E-state index is 13.3. The lowest BCUT2D eigenvalue weighted by atomic mass is 10.2. The first-order chi connectivity index (χ1) is 15.1. The molecule has 1 amide bonds. The van der Waals surface area contributed by atoms with Crippen molar-refractivity contribution in [3.8, 4) is 5.69 Å². The Labute approximate surface area is 180 Å². The van der Waals surface area contributed by atoms with Crippen LogP contribution in [-0.2, 0) is 17.8 Å². The lowest BCUT2D eigenvalue weighted by Gasteiger charge is -2.17. The van der Waals surface area contributed by atoms with E-state index in [0.717, 1.165) is 29.1 Å². The molecule has 1 aliphatic heterocycles. The van der Waals surface area contributed by atoms with Crippen LogP contribution < -0.4 is 10.5 Å². The van der Waals surface area contributed by atoms with Crippen molar-refractivity contribution in [2.75, 3.05) is 11.4 Å². The molecule has 6 heteroatoms. The van der Waals surface area contributed by atoms with Crippen molar-refractivity contribution >= 4 is 22.6 Å². The second-order valence-electron chi connectivity index (χ2n) is 8.00. The van der Waals surface area contributed by atoms with Crippen LogP contribution in [0.25, 0.3) is 16.7 Å². The van der Waals surface area contributed by atoms with Gasteiger partial charge in [0.15, 0.2) is 5.65 Å². The predicted octanol–water partition coefficient (Wildman–Crippen LogP) is 3.78. The zero-order valence-corrected chi connectivity index (χ0v) is 17.7. The number of carbonyl (C=O) groups excluding carboxylic acids is 1. The average Bonchev–Trinajstić information content (AvgIpc) is 3.33. The first-order valence-corrected chi connectivity index (χ1v) is 10.6. The zero-order valence-electron chi connectivity index (χ0n) is 17.7. The monoisotopic (exact) mass is 412 g/mol. The van der Waals surface area contributed by atoms with Crippen LogP contribution in [0.1, 0.15) is 23.2 Å². The van der Waals surface area contributed by atoms with Crippen LogP contribution in [0.2, 0.25) is 0 Å². The molecular formula is C25H24N4O2. The summed E-state index contributed by atoms with van der Waals surface area (Å²) in [5, 5.41) is 0.614. The molecule has 0 bridgehead atoms. The van der Waals surface area contributed by atoms with Gasteiger partial charge in [-0.05, 0) is 49.6 Å². The second kappa shape index (κ2) is 7.54. The highest BCUT2D eigenvalue weighted by molar-refractivity contribution is 5.95. The summed E-state index contributed by atoms with van der Waals surface area (Å²) in [5.74, 6) is 0.0340. The van der Waals surface area contributed by atoms with Crippen LogP contribution in [0.5, 0.6) is 0 Å². The molecule has 6 nitrogen and oxygen atoms in total. The number of anilines is 1. The minimum Gasteiger partial charge on any atom is -0.312 e. The molecule has 5 rings (SSSR count). The number of aryl methyl sites for hydroxylation is 2.